The van der Waals surface area contributed by atoms with Gasteiger partial charge in [0.05, 0.1) is 5.92 Å². The Labute approximate surface area is 143 Å². The number of hydrogen-bond donors (Lipinski definition) is 2. The molecular formula is C19H27NO4. The van der Waals surface area contributed by atoms with Crippen LogP contribution in [-0.2, 0) is 9.59 Å². The highest BCUT2D eigenvalue weighted by molar-refractivity contribution is 5.81. The van der Waals surface area contributed by atoms with E-state index in [4.69, 9.17) is 9.84 Å². The van der Waals surface area contributed by atoms with Gasteiger partial charge in [-0.3, -0.25) is 9.59 Å². The van der Waals surface area contributed by atoms with Crippen LogP contribution in [0.4, 0.5) is 0 Å². The van der Waals surface area contributed by atoms with Gasteiger partial charge in [-0.05, 0) is 56.2 Å². The largest absolute Gasteiger partial charge is 0.481 e. The van der Waals surface area contributed by atoms with Gasteiger partial charge < -0.3 is 15.2 Å². The molecule has 1 unspecified atom stereocenters. The van der Waals surface area contributed by atoms with Crippen molar-refractivity contribution < 1.29 is 19.4 Å². The number of ether oxygens (including phenoxy) is 1. The SMILES string of the molecule is Cc1ccc(C(C)C)cc1OC(C)C(=O)N[C@H]1CC[C@@H](C(=O)O)C1. The first-order valence-corrected chi connectivity index (χ1v) is 8.58. The van der Waals surface area contributed by atoms with Gasteiger partial charge >= 0.3 is 5.97 Å². The van der Waals surface area contributed by atoms with Gasteiger partial charge in [0.25, 0.3) is 5.91 Å². The Balaban J connectivity index is 1.95. The summed E-state index contributed by atoms with van der Waals surface area (Å²) in [5, 5.41) is 11.9. The lowest BCUT2D eigenvalue weighted by Gasteiger charge is -2.20. The predicted molar refractivity (Wildman–Crippen MR) is 92.3 cm³/mol. The van der Waals surface area contributed by atoms with E-state index in [1.807, 2.05) is 19.1 Å². The molecule has 1 aliphatic carbocycles. The van der Waals surface area contributed by atoms with Gasteiger partial charge in [0.15, 0.2) is 6.10 Å². The van der Waals surface area contributed by atoms with Gasteiger partial charge in [-0.25, -0.2) is 0 Å². The average molecular weight is 333 g/mol. The normalized spacial score (nSPS) is 21.5. The number of aryl methyl sites for hydroxylation is 1. The van der Waals surface area contributed by atoms with Crippen LogP contribution in [0.1, 0.15) is 57.1 Å². The van der Waals surface area contributed by atoms with Crippen LogP contribution in [0.5, 0.6) is 5.75 Å². The molecular weight excluding hydrogens is 306 g/mol. The highest BCUT2D eigenvalue weighted by Crippen LogP contribution is 2.27. The van der Waals surface area contributed by atoms with Gasteiger partial charge in [-0.1, -0.05) is 26.0 Å². The van der Waals surface area contributed by atoms with Crippen molar-refractivity contribution in [2.45, 2.75) is 65.0 Å². The number of carboxylic acids is 1. The van der Waals surface area contributed by atoms with Crippen molar-refractivity contribution in [3.63, 3.8) is 0 Å². The number of nitrogens with one attached hydrogen (secondary N) is 1. The van der Waals surface area contributed by atoms with Crippen LogP contribution < -0.4 is 10.1 Å². The molecule has 0 aliphatic heterocycles. The zero-order chi connectivity index (χ0) is 17.9. The van der Waals surface area contributed by atoms with Crippen LogP contribution >= 0.6 is 0 Å². The summed E-state index contributed by atoms with van der Waals surface area (Å²) in [5.74, 6) is -0.212. The Morgan fingerprint density at radius 3 is 2.54 bits per heavy atom. The fourth-order valence-corrected chi connectivity index (χ4v) is 3.00. The van der Waals surface area contributed by atoms with E-state index >= 15 is 0 Å². The minimum absolute atomic E-state index is 0.0762. The second kappa shape index (κ2) is 7.69. The van der Waals surface area contributed by atoms with Gasteiger partial charge in [0, 0.05) is 6.04 Å². The molecule has 5 heteroatoms. The van der Waals surface area contributed by atoms with E-state index in [0.29, 0.717) is 25.2 Å². The zero-order valence-electron chi connectivity index (χ0n) is 14.8. The quantitative estimate of drug-likeness (QED) is 0.838. The Morgan fingerprint density at radius 2 is 1.96 bits per heavy atom. The number of carbonyl (C=O) groups excluding carboxylic acids is 1. The number of hydrogen-bond acceptors (Lipinski definition) is 3. The molecule has 0 spiro atoms. The lowest BCUT2D eigenvalue weighted by atomic mass is 10.0. The summed E-state index contributed by atoms with van der Waals surface area (Å²) in [5.41, 5.74) is 2.16. The third-order valence-electron chi connectivity index (χ3n) is 4.68. The molecule has 132 valence electrons. The van der Waals surface area contributed by atoms with Crippen molar-refractivity contribution in [1.29, 1.82) is 0 Å². The maximum atomic E-state index is 12.3. The predicted octanol–water partition coefficient (Wildman–Crippen LogP) is 3.26. The molecule has 0 saturated heterocycles. The second-order valence-electron chi connectivity index (χ2n) is 6.99. The van der Waals surface area contributed by atoms with Crippen LogP contribution in [0.2, 0.25) is 0 Å². The molecule has 1 saturated carbocycles. The number of amides is 1. The minimum atomic E-state index is -0.780. The Bertz CT molecular complexity index is 611. The first-order chi connectivity index (χ1) is 11.3. The topological polar surface area (TPSA) is 75.6 Å². The molecule has 1 fully saturated rings. The van der Waals surface area contributed by atoms with Crippen LogP contribution in [0.15, 0.2) is 18.2 Å². The summed E-state index contributed by atoms with van der Waals surface area (Å²) in [6.45, 7) is 7.91. The van der Waals surface area contributed by atoms with Crippen LogP contribution in [-0.4, -0.2) is 29.1 Å². The number of carbonyl (C=O) groups is 2. The average Bonchev–Trinajstić information content (AvgIpc) is 2.97. The van der Waals surface area contributed by atoms with E-state index in [9.17, 15) is 9.59 Å². The maximum Gasteiger partial charge on any atom is 0.306 e. The van der Waals surface area contributed by atoms with E-state index in [1.165, 1.54) is 5.56 Å². The van der Waals surface area contributed by atoms with Crippen LogP contribution in [0, 0.1) is 12.8 Å². The summed E-state index contributed by atoms with van der Waals surface area (Å²) in [4.78, 5) is 23.3. The molecule has 2 N–H and O–H groups in total. The van der Waals surface area contributed by atoms with E-state index in [0.717, 1.165) is 11.3 Å². The molecule has 24 heavy (non-hydrogen) atoms. The van der Waals surface area contributed by atoms with Crippen molar-refractivity contribution >= 4 is 11.9 Å². The molecule has 0 bridgehead atoms. The molecule has 1 aromatic rings. The van der Waals surface area contributed by atoms with Crippen LogP contribution in [0.3, 0.4) is 0 Å². The lowest BCUT2D eigenvalue weighted by molar-refractivity contribution is -0.141. The first kappa shape index (κ1) is 18.3. The first-order valence-electron chi connectivity index (χ1n) is 8.58. The minimum Gasteiger partial charge on any atom is -0.481 e. The fourth-order valence-electron chi connectivity index (χ4n) is 3.00. The summed E-state index contributed by atoms with van der Waals surface area (Å²) in [6.07, 6.45) is 1.20. The van der Waals surface area contributed by atoms with Crippen LogP contribution in [0.25, 0.3) is 0 Å². The smallest absolute Gasteiger partial charge is 0.306 e. The van der Waals surface area contributed by atoms with Gasteiger partial charge in [-0.2, -0.15) is 0 Å². The molecule has 0 aromatic heterocycles. The second-order valence-corrected chi connectivity index (χ2v) is 6.99. The van der Waals surface area contributed by atoms with Crippen molar-refractivity contribution in [1.82, 2.24) is 5.32 Å². The van der Waals surface area contributed by atoms with Gasteiger partial charge in [-0.15, -0.1) is 0 Å². The molecule has 0 radical (unpaired) electrons. The Kier molecular flexibility index (Phi) is 5.86. The number of benzene rings is 1. The fraction of sp³-hybridized carbons (Fsp3) is 0.579. The molecule has 0 heterocycles. The van der Waals surface area contributed by atoms with Gasteiger partial charge in [0.2, 0.25) is 0 Å². The summed E-state index contributed by atoms with van der Waals surface area (Å²) in [7, 11) is 0. The molecule has 1 aliphatic rings. The van der Waals surface area contributed by atoms with Crippen molar-refractivity contribution in [2.75, 3.05) is 0 Å². The Morgan fingerprint density at radius 1 is 1.25 bits per heavy atom. The van der Waals surface area contributed by atoms with E-state index in [2.05, 4.69) is 25.2 Å². The van der Waals surface area contributed by atoms with E-state index in [1.54, 1.807) is 6.92 Å². The lowest BCUT2D eigenvalue weighted by Crippen LogP contribution is -2.41. The van der Waals surface area contributed by atoms with Crippen molar-refractivity contribution in [3.8, 4) is 5.75 Å². The molecule has 3 atom stereocenters. The highest BCUT2D eigenvalue weighted by atomic mass is 16.5. The van der Waals surface area contributed by atoms with Crippen molar-refractivity contribution in [2.24, 2.45) is 5.92 Å². The van der Waals surface area contributed by atoms with Crippen molar-refractivity contribution in [3.05, 3.63) is 29.3 Å². The number of aliphatic carboxylic acids is 1. The number of carboxylic acid groups (broad SMARTS) is 1. The third-order valence-corrected chi connectivity index (χ3v) is 4.68. The standard InChI is InChI=1S/C19H27NO4/c1-11(2)14-6-5-12(3)17(10-14)24-13(4)18(21)20-16-8-7-15(9-16)19(22)23/h5-6,10-11,13,15-16H,7-9H2,1-4H3,(H,20,21)(H,22,23)/t13?,15-,16+/m1/s1. The van der Waals surface area contributed by atoms with E-state index < -0.39 is 12.1 Å². The molecule has 5 nitrogen and oxygen atoms in total. The molecule has 1 amide bonds. The summed E-state index contributed by atoms with van der Waals surface area (Å²) < 4.78 is 5.85. The monoisotopic (exact) mass is 333 g/mol. The third kappa shape index (κ3) is 4.49. The molecule has 1 aromatic carbocycles. The van der Waals surface area contributed by atoms with E-state index in [-0.39, 0.29) is 17.9 Å². The molecule has 2 rings (SSSR count). The highest BCUT2D eigenvalue weighted by Gasteiger charge is 2.31. The van der Waals surface area contributed by atoms with Gasteiger partial charge in [0.1, 0.15) is 5.75 Å². The number of rotatable bonds is 6. The maximum absolute atomic E-state index is 12.3. The Hall–Kier alpha value is -2.04. The summed E-state index contributed by atoms with van der Waals surface area (Å²) >= 11 is 0. The summed E-state index contributed by atoms with van der Waals surface area (Å²) in [6, 6.07) is 5.99. The zero-order valence-corrected chi connectivity index (χ0v) is 14.8.